The molecule has 1 fully saturated rings. The van der Waals surface area contributed by atoms with Gasteiger partial charge in [-0.1, -0.05) is 30.3 Å². The molecule has 1 heterocycles. The number of benzene rings is 2. The molecule has 1 aliphatic heterocycles. The summed E-state index contributed by atoms with van der Waals surface area (Å²) in [7, 11) is 1.95. The van der Waals surface area contributed by atoms with Gasteiger partial charge < -0.3 is 4.90 Å². The first-order valence-corrected chi connectivity index (χ1v) is 8.51. The van der Waals surface area contributed by atoms with E-state index in [0.29, 0.717) is 38.0 Å². The van der Waals surface area contributed by atoms with Crippen LogP contribution in [0.3, 0.4) is 0 Å². The van der Waals surface area contributed by atoms with Crippen LogP contribution in [0.5, 0.6) is 0 Å². The van der Waals surface area contributed by atoms with Gasteiger partial charge in [0.25, 0.3) is 0 Å². The second-order valence-electron chi connectivity index (χ2n) is 6.49. The van der Waals surface area contributed by atoms with Gasteiger partial charge in [0.1, 0.15) is 11.6 Å². The number of aryl methyl sites for hydroxylation is 1. The van der Waals surface area contributed by atoms with Gasteiger partial charge in [-0.05, 0) is 37.2 Å². The Morgan fingerprint density at radius 1 is 1.12 bits per heavy atom. The van der Waals surface area contributed by atoms with Gasteiger partial charge in [0.05, 0.1) is 6.04 Å². The molecule has 0 aliphatic carbocycles. The topological polar surface area (TPSA) is 23.6 Å². The third kappa shape index (κ3) is 4.23. The predicted molar refractivity (Wildman–Crippen MR) is 93.1 cm³/mol. The smallest absolute Gasteiger partial charge is 0.223 e. The molecule has 1 saturated heterocycles. The van der Waals surface area contributed by atoms with Crippen LogP contribution in [0.25, 0.3) is 0 Å². The van der Waals surface area contributed by atoms with Crippen molar-refractivity contribution in [1.82, 2.24) is 9.80 Å². The molecule has 3 nitrogen and oxygen atoms in total. The zero-order valence-corrected chi connectivity index (χ0v) is 14.3. The van der Waals surface area contributed by atoms with E-state index in [0.717, 1.165) is 5.56 Å². The van der Waals surface area contributed by atoms with Crippen molar-refractivity contribution in [2.45, 2.75) is 18.9 Å². The van der Waals surface area contributed by atoms with Gasteiger partial charge in [0.15, 0.2) is 0 Å². The van der Waals surface area contributed by atoms with Crippen LogP contribution in [0.1, 0.15) is 23.6 Å². The second kappa shape index (κ2) is 7.74. The molecule has 1 atom stereocenters. The summed E-state index contributed by atoms with van der Waals surface area (Å²) >= 11 is 0. The van der Waals surface area contributed by atoms with Crippen molar-refractivity contribution in [2.75, 3.05) is 26.7 Å². The quantitative estimate of drug-likeness (QED) is 0.849. The van der Waals surface area contributed by atoms with Gasteiger partial charge in [0.2, 0.25) is 5.91 Å². The maximum Gasteiger partial charge on any atom is 0.223 e. The van der Waals surface area contributed by atoms with E-state index in [1.54, 1.807) is 23.1 Å². The Bertz CT molecular complexity index is 750. The number of carbonyl (C=O) groups excluding carboxylic acids is 1. The van der Waals surface area contributed by atoms with Gasteiger partial charge in [-0.3, -0.25) is 9.69 Å². The van der Waals surface area contributed by atoms with E-state index in [-0.39, 0.29) is 23.6 Å². The number of piperazine rings is 1. The first-order valence-electron chi connectivity index (χ1n) is 8.51. The van der Waals surface area contributed by atoms with E-state index >= 15 is 0 Å². The van der Waals surface area contributed by atoms with Crippen LogP contribution in [0.2, 0.25) is 0 Å². The number of hydrogen-bond donors (Lipinski definition) is 0. The Morgan fingerprint density at radius 3 is 2.68 bits per heavy atom. The van der Waals surface area contributed by atoms with E-state index in [9.17, 15) is 13.6 Å². The molecule has 2 aromatic rings. The van der Waals surface area contributed by atoms with Crippen molar-refractivity contribution in [3.05, 3.63) is 71.3 Å². The second-order valence-corrected chi connectivity index (χ2v) is 6.49. The first kappa shape index (κ1) is 17.5. The molecule has 5 heteroatoms. The van der Waals surface area contributed by atoms with Crippen LogP contribution in [0, 0.1) is 11.6 Å². The minimum Gasteiger partial charge on any atom is -0.339 e. The predicted octanol–water partition coefficient (Wildman–Crippen LogP) is 3.41. The Hall–Kier alpha value is -2.27. The molecule has 0 radical (unpaired) electrons. The van der Waals surface area contributed by atoms with Crippen molar-refractivity contribution >= 4 is 5.91 Å². The molecule has 3 rings (SSSR count). The Labute approximate surface area is 146 Å². The fraction of sp³-hybridized carbons (Fsp3) is 0.350. The van der Waals surface area contributed by atoms with Crippen LogP contribution in [0.4, 0.5) is 8.78 Å². The molecule has 25 heavy (non-hydrogen) atoms. The Kier molecular flexibility index (Phi) is 5.43. The number of likely N-dealkylation sites (N-methyl/N-ethyl adjacent to an activating group) is 1. The minimum absolute atomic E-state index is 0.0266. The van der Waals surface area contributed by atoms with E-state index in [1.165, 1.54) is 18.2 Å². The first-order chi connectivity index (χ1) is 12.0. The summed E-state index contributed by atoms with van der Waals surface area (Å²) in [4.78, 5) is 16.4. The molecule has 0 spiro atoms. The van der Waals surface area contributed by atoms with Gasteiger partial charge in [-0.25, -0.2) is 8.78 Å². The van der Waals surface area contributed by atoms with Crippen molar-refractivity contribution in [3.63, 3.8) is 0 Å². The van der Waals surface area contributed by atoms with Crippen molar-refractivity contribution < 1.29 is 13.6 Å². The zero-order chi connectivity index (χ0) is 17.8. The molecule has 0 saturated carbocycles. The highest BCUT2D eigenvalue weighted by Crippen LogP contribution is 2.26. The number of carbonyl (C=O) groups is 1. The molecule has 2 aromatic carbocycles. The SMILES string of the molecule is CN1CCN(C(=O)CCc2cccc(F)c2)CC1c1ccccc1F. The van der Waals surface area contributed by atoms with Crippen molar-refractivity contribution in [1.29, 1.82) is 0 Å². The number of rotatable bonds is 4. The van der Waals surface area contributed by atoms with Crippen LogP contribution < -0.4 is 0 Å². The van der Waals surface area contributed by atoms with Gasteiger partial charge in [0, 0.05) is 31.6 Å². The third-order valence-corrected chi connectivity index (χ3v) is 4.78. The summed E-state index contributed by atoms with van der Waals surface area (Å²) in [6.45, 7) is 1.80. The number of hydrogen-bond acceptors (Lipinski definition) is 2. The van der Waals surface area contributed by atoms with E-state index < -0.39 is 0 Å². The number of amides is 1. The minimum atomic E-state index is -0.288. The van der Waals surface area contributed by atoms with Gasteiger partial charge in [-0.2, -0.15) is 0 Å². The lowest BCUT2D eigenvalue weighted by atomic mass is 10.0. The maximum atomic E-state index is 14.1. The Balaban J connectivity index is 1.64. The van der Waals surface area contributed by atoms with Crippen LogP contribution >= 0.6 is 0 Å². The summed E-state index contributed by atoms with van der Waals surface area (Å²) < 4.78 is 27.3. The van der Waals surface area contributed by atoms with E-state index in [1.807, 2.05) is 19.2 Å². The third-order valence-electron chi connectivity index (χ3n) is 4.78. The monoisotopic (exact) mass is 344 g/mol. The van der Waals surface area contributed by atoms with Crippen LogP contribution in [0.15, 0.2) is 48.5 Å². The molecular weight excluding hydrogens is 322 g/mol. The highest BCUT2D eigenvalue weighted by molar-refractivity contribution is 5.76. The fourth-order valence-corrected chi connectivity index (χ4v) is 3.28. The van der Waals surface area contributed by atoms with Crippen molar-refractivity contribution in [3.8, 4) is 0 Å². The standard InChI is InChI=1S/C20H22F2N2O/c1-23-11-12-24(14-19(23)17-7-2-3-8-18(17)22)20(25)10-9-15-5-4-6-16(21)13-15/h2-8,13,19H,9-12,14H2,1H3. The highest BCUT2D eigenvalue weighted by Gasteiger charge is 2.29. The number of halogens is 2. The molecule has 1 aliphatic rings. The molecule has 0 bridgehead atoms. The summed E-state index contributed by atoms with van der Waals surface area (Å²) in [5.74, 6) is -0.503. The van der Waals surface area contributed by atoms with E-state index in [4.69, 9.17) is 0 Å². The van der Waals surface area contributed by atoms with Crippen LogP contribution in [-0.4, -0.2) is 42.4 Å². The summed E-state index contributed by atoms with van der Waals surface area (Å²) in [6, 6.07) is 12.9. The van der Waals surface area contributed by atoms with E-state index in [2.05, 4.69) is 4.90 Å². The zero-order valence-electron chi connectivity index (χ0n) is 14.3. The molecular formula is C20H22F2N2O. The molecule has 0 aromatic heterocycles. The van der Waals surface area contributed by atoms with Crippen LogP contribution in [-0.2, 0) is 11.2 Å². The summed E-state index contributed by atoms with van der Waals surface area (Å²) in [5.41, 5.74) is 1.43. The summed E-state index contributed by atoms with van der Waals surface area (Å²) in [5, 5.41) is 0. The number of nitrogens with zero attached hydrogens (tertiary/aromatic N) is 2. The van der Waals surface area contributed by atoms with Gasteiger partial charge >= 0.3 is 0 Å². The lowest BCUT2D eigenvalue weighted by molar-refractivity contribution is -0.134. The normalized spacial score (nSPS) is 18.4. The lowest BCUT2D eigenvalue weighted by Crippen LogP contribution is -2.49. The molecule has 1 unspecified atom stereocenters. The largest absolute Gasteiger partial charge is 0.339 e. The average Bonchev–Trinajstić information content (AvgIpc) is 2.61. The fourth-order valence-electron chi connectivity index (χ4n) is 3.28. The lowest BCUT2D eigenvalue weighted by Gasteiger charge is -2.40. The summed E-state index contributed by atoms with van der Waals surface area (Å²) in [6.07, 6.45) is 0.838. The van der Waals surface area contributed by atoms with Gasteiger partial charge in [-0.15, -0.1) is 0 Å². The molecule has 1 amide bonds. The van der Waals surface area contributed by atoms with Crippen molar-refractivity contribution in [2.24, 2.45) is 0 Å². The Morgan fingerprint density at radius 2 is 1.92 bits per heavy atom. The molecule has 132 valence electrons. The highest BCUT2D eigenvalue weighted by atomic mass is 19.1. The average molecular weight is 344 g/mol. The molecule has 0 N–H and O–H groups in total. The maximum absolute atomic E-state index is 14.1.